The number of carbonyl (C=O) groups is 1. The Morgan fingerprint density at radius 2 is 2.09 bits per heavy atom. The number of carbonyl (C=O) groups excluding carboxylic acids is 1. The molecular formula is C16H17N5O2. The Labute approximate surface area is 132 Å². The number of hydrogen-bond acceptors (Lipinski definition) is 6. The minimum Gasteiger partial charge on any atom is -0.437 e. The average molecular weight is 311 g/mol. The molecule has 0 radical (unpaired) electrons. The zero-order valence-electron chi connectivity index (χ0n) is 12.8. The largest absolute Gasteiger partial charge is 0.437 e. The van der Waals surface area contributed by atoms with Gasteiger partial charge in [-0.15, -0.1) is 0 Å². The number of aromatic amines is 1. The van der Waals surface area contributed by atoms with Gasteiger partial charge < -0.3 is 19.6 Å². The predicted octanol–water partition coefficient (Wildman–Crippen LogP) is 1.83. The Bertz CT molecular complexity index is 860. The van der Waals surface area contributed by atoms with E-state index in [0.717, 1.165) is 32.1 Å². The number of H-pyrrole nitrogens is 1. The number of anilines is 1. The lowest BCUT2D eigenvalue weighted by Crippen LogP contribution is -2.43. The van der Waals surface area contributed by atoms with E-state index in [1.807, 2.05) is 12.1 Å². The van der Waals surface area contributed by atoms with Crippen LogP contribution in [0.1, 0.15) is 17.3 Å². The van der Waals surface area contributed by atoms with Gasteiger partial charge in [0.25, 0.3) is 0 Å². The number of nitrogens with one attached hydrogen (secondary N) is 2. The van der Waals surface area contributed by atoms with Crippen LogP contribution in [0, 0.1) is 0 Å². The lowest BCUT2D eigenvalue weighted by molar-refractivity contribution is 0.101. The molecular weight excluding hydrogens is 294 g/mol. The van der Waals surface area contributed by atoms with Crippen LogP contribution in [0.2, 0.25) is 0 Å². The van der Waals surface area contributed by atoms with E-state index in [2.05, 4.69) is 25.2 Å². The van der Waals surface area contributed by atoms with E-state index in [1.165, 1.54) is 6.92 Å². The summed E-state index contributed by atoms with van der Waals surface area (Å²) < 4.78 is 5.93. The number of Topliss-reactive ketones (excluding diaryl/α,β-unsaturated/α-hetero) is 1. The lowest BCUT2D eigenvalue weighted by atomic mass is 10.2. The molecule has 3 aromatic rings. The third-order valence-corrected chi connectivity index (χ3v) is 4.03. The van der Waals surface area contributed by atoms with Gasteiger partial charge >= 0.3 is 0 Å². The van der Waals surface area contributed by atoms with Gasteiger partial charge in [-0.2, -0.15) is 0 Å². The van der Waals surface area contributed by atoms with Gasteiger partial charge in [0.15, 0.2) is 28.9 Å². The molecule has 7 heteroatoms. The number of furan rings is 1. The first kappa shape index (κ1) is 14.0. The molecule has 4 heterocycles. The topological polar surface area (TPSA) is 87.1 Å². The van der Waals surface area contributed by atoms with Crippen molar-refractivity contribution in [3.63, 3.8) is 0 Å². The quantitative estimate of drug-likeness (QED) is 0.718. The molecule has 2 N–H and O–H groups in total. The van der Waals surface area contributed by atoms with Gasteiger partial charge in [-0.05, 0) is 19.1 Å². The van der Waals surface area contributed by atoms with Crippen molar-refractivity contribution in [2.24, 2.45) is 0 Å². The van der Waals surface area contributed by atoms with Crippen LogP contribution in [-0.4, -0.2) is 46.9 Å². The van der Waals surface area contributed by atoms with Crippen molar-refractivity contribution in [3.8, 4) is 11.6 Å². The standard InChI is InChI=1S/C16H17N5O2/c1-10(22)11-4-5-18-16-14(11)19-15(20-16)12-2-3-13(23-12)21-8-6-17-7-9-21/h2-5,17H,6-9H2,1H3,(H,18,19,20). The van der Waals surface area contributed by atoms with Gasteiger partial charge in [-0.1, -0.05) is 0 Å². The highest BCUT2D eigenvalue weighted by atomic mass is 16.4. The number of ketones is 1. The summed E-state index contributed by atoms with van der Waals surface area (Å²) in [6.07, 6.45) is 1.60. The van der Waals surface area contributed by atoms with E-state index >= 15 is 0 Å². The van der Waals surface area contributed by atoms with Crippen LogP contribution in [-0.2, 0) is 0 Å². The molecule has 0 aliphatic carbocycles. The molecule has 0 saturated carbocycles. The van der Waals surface area contributed by atoms with Crippen LogP contribution >= 0.6 is 0 Å². The summed E-state index contributed by atoms with van der Waals surface area (Å²) in [5.41, 5.74) is 1.76. The predicted molar refractivity (Wildman–Crippen MR) is 86.7 cm³/mol. The van der Waals surface area contributed by atoms with Gasteiger partial charge in [-0.25, -0.2) is 9.97 Å². The molecule has 4 rings (SSSR count). The zero-order valence-corrected chi connectivity index (χ0v) is 12.8. The van der Waals surface area contributed by atoms with Gasteiger partial charge in [0, 0.05) is 44.0 Å². The minimum absolute atomic E-state index is 0.0199. The van der Waals surface area contributed by atoms with Gasteiger partial charge in [0.2, 0.25) is 0 Å². The number of hydrogen-bond donors (Lipinski definition) is 2. The number of aromatic nitrogens is 3. The van der Waals surface area contributed by atoms with Crippen molar-refractivity contribution < 1.29 is 9.21 Å². The average Bonchev–Trinajstić information content (AvgIpc) is 3.21. The number of pyridine rings is 1. The Morgan fingerprint density at radius 3 is 2.87 bits per heavy atom. The SMILES string of the molecule is CC(=O)c1ccnc2nc(-c3ccc(N4CCNCC4)o3)[nH]c12. The molecule has 118 valence electrons. The van der Waals surface area contributed by atoms with Crippen LogP contribution < -0.4 is 10.2 Å². The second-order valence-electron chi connectivity index (χ2n) is 5.57. The van der Waals surface area contributed by atoms with Crippen LogP contribution in [0.3, 0.4) is 0 Å². The Balaban J connectivity index is 1.70. The number of rotatable bonds is 3. The minimum atomic E-state index is -0.0199. The van der Waals surface area contributed by atoms with Crippen molar-refractivity contribution in [1.29, 1.82) is 0 Å². The van der Waals surface area contributed by atoms with Crippen molar-refractivity contribution in [2.45, 2.75) is 6.92 Å². The molecule has 0 atom stereocenters. The molecule has 0 unspecified atom stereocenters. The first-order chi connectivity index (χ1) is 11.2. The number of nitrogens with zero attached hydrogens (tertiary/aromatic N) is 3. The maximum absolute atomic E-state index is 11.7. The summed E-state index contributed by atoms with van der Waals surface area (Å²) in [5, 5.41) is 3.32. The van der Waals surface area contributed by atoms with Crippen molar-refractivity contribution in [2.75, 3.05) is 31.1 Å². The van der Waals surface area contributed by atoms with E-state index in [4.69, 9.17) is 4.42 Å². The summed E-state index contributed by atoms with van der Waals surface area (Å²) in [4.78, 5) is 25.7. The molecule has 7 nitrogen and oxygen atoms in total. The first-order valence-electron chi connectivity index (χ1n) is 7.64. The summed E-state index contributed by atoms with van der Waals surface area (Å²) in [5.74, 6) is 2.05. The fraction of sp³-hybridized carbons (Fsp3) is 0.312. The number of fused-ring (bicyclic) bond motifs is 1. The molecule has 3 aromatic heterocycles. The molecule has 0 bridgehead atoms. The fourth-order valence-corrected chi connectivity index (χ4v) is 2.83. The van der Waals surface area contributed by atoms with Gasteiger partial charge in [-0.3, -0.25) is 4.79 Å². The van der Waals surface area contributed by atoms with Crippen LogP contribution in [0.15, 0.2) is 28.8 Å². The second kappa shape index (κ2) is 5.51. The number of imidazole rings is 1. The van der Waals surface area contributed by atoms with E-state index in [1.54, 1.807) is 12.3 Å². The molecule has 1 saturated heterocycles. The third-order valence-electron chi connectivity index (χ3n) is 4.03. The Kier molecular flexibility index (Phi) is 3.34. The molecule has 0 amide bonds. The summed E-state index contributed by atoms with van der Waals surface area (Å²) in [6, 6.07) is 5.54. The van der Waals surface area contributed by atoms with E-state index in [9.17, 15) is 4.79 Å². The highest BCUT2D eigenvalue weighted by Gasteiger charge is 2.17. The highest BCUT2D eigenvalue weighted by Crippen LogP contribution is 2.27. The first-order valence-corrected chi connectivity index (χ1v) is 7.64. The fourth-order valence-electron chi connectivity index (χ4n) is 2.83. The van der Waals surface area contributed by atoms with Crippen molar-refractivity contribution in [1.82, 2.24) is 20.3 Å². The van der Waals surface area contributed by atoms with Crippen molar-refractivity contribution >= 4 is 22.8 Å². The second-order valence-corrected chi connectivity index (χ2v) is 5.57. The normalized spacial score (nSPS) is 15.3. The zero-order chi connectivity index (χ0) is 15.8. The Morgan fingerprint density at radius 1 is 1.26 bits per heavy atom. The molecule has 0 spiro atoms. The lowest BCUT2D eigenvalue weighted by Gasteiger charge is -2.26. The molecule has 23 heavy (non-hydrogen) atoms. The summed E-state index contributed by atoms with van der Waals surface area (Å²) in [6.45, 7) is 5.27. The smallest absolute Gasteiger partial charge is 0.196 e. The van der Waals surface area contributed by atoms with Crippen LogP contribution in [0.4, 0.5) is 5.88 Å². The van der Waals surface area contributed by atoms with Crippen molar-refractivity contribution in [3.05, 3.63) is 30.0 Å². The number of piperazine rings is 1. The maximum atomic E-state index is 11.7. The highest BCUT2D eigenvalue weighted by molar-refractivity contribution is 6.04. The molecule has 1 aliphatic rings. The maximum Gasteiger partial charge on any atom is 0.196 e. The van der Waals surface area contributed by atoms with Crippen LogP contribution in [0.5, 0.6) is 0 Å². The van der Waals surface area contributed by atoms with E-state index in [-0.39, 0.29) is 5.78 Å². The molecule has 0 aromatic carbocycles. The monoisotopic (exact) mass is 311 g/mol. The molecule has 1 aliphatic heterocycles. The van der Waals surface area contributed by atoms with Gasteiger partial charge in [0.1, 0.15) is 0 Å². The summed E-state index contributed by atoms with van der Waals surface area (Å²) >= 11 is 0. The van der Waals surface area contributed by atoms with Crippen LogP contribution in [0.25, 0.3) is 22.7 Å². The summed E-state index contributed by atoms with van der Waals surface area (Å²) in [7, 11) is 0. The van der Waals surface area contributed by atoms with Gasteiger partial charge in [0.05, 0.1) is 5.52 Å². The Hall–Kier alpha value is -2.67. The van der Waals surface area contributed by atoms with E-state index in [0.29, 0.717) is 28.3 Å². The van der Waals surface area contributed by atoms with E-state index < -0.39 is 0 Å². The molecule has 1 fully saturated rings. The third kappa shape index (κ3) is 2.49.